The molecule has 0 bridgehead atoms. The molecule has 0 radical (unpaired) electrons. The van der Waals surface area contributed by atoms with Crippen molar-refractivity contribution >= 4 is 53.2 Å². The highest BCUT2D eigenvalue weighted by Gasteiger charge is 2.33. The normalized spacial score (nSPS) is 13.2. The maximum Gasteiger partial charge on any atom is 0.304 e. The van der Waals surface area contributed by atoms with Crippen LogP contribution in [-0.2, 0) is 54.3 Å². The van der Waals surface area contributed by atoms with Crippen molar-refractivity contribution in [2.75, 3.05) is 32.9 Å². The summed E-state index contributed by atoms with van der Waals surface area (Å²) in [7, 11) is 0. The largest absolute Gasteiger partial charge is 0.445 e. The van der Waals surface area contributed by atoms with Gasteiger partial charge in [0, 0.05) is 44.9 Å². The van der Waals surface area contributed by atoms with E-state index in [1.807, 2.05) is 0 Å². The van der Waals surface area contributed by atoms with Gasteiger partial charge in [-0.1, -0.05) is 37.3 Å². The molecule has 8 amide bonds. The van der Waals surface area contributed by atoms with Gasteiger partial charge in [-0.3, -0.25) is 48.1 Å². The van der Waals surface area contributed by atoms with Crippen molar-refractivity contribution in [3.63, 3.8) is 0 Å². The minimum absolute atomic E-state index is 0.0644. The summed E-state index contributed by atoms with van der Waals surface area (Å²) in [6.45, 7) is 0.685. The molecular formula is C29H37N7O10. The molecule has 17 nitrogen and oxygen atoms in total. The molecule has 1 aromatic rings. The van der Waals surface area contributed by atoms with Gasteiger partial charge in [0.2, 0.25) is 35.4 Å². The summed E-state index contributed by atoms with van der Waals surface area (Å²) >= 11 is 0. The topological polar surface area (TPSA) is 238 Å². The quantitative estimate of drug-likeness (QED) is 0.0535. The molecule has 1 heterocycles. The Labute approximate surface area is 264 Å². The van der Waals surface area contributed by atoms with E-state index < -0.39 is 85.5 Å². The maximum absolute atomic E-state index is 12.8. The summed E-state index contributed by atoms with van der Waals surface area (Å²) in [6, 6.07) is 6.60. The number of benzene rings is 1. The molecule has 248 valence electrons. The fraction of sp³-hybridized carbons (Fsp3) is 0.414. The van der Waals surface area contributed by atoms with Crippen molar-refractivity contribution in [1.29, 1.82) is 0 Å². The van der Waals surface area contributed by atoms with Gasteiger partial charge in [0.15, 0.2) is 6.73 Å². The van der Waals surface area contributed by atoms with Crippen LogP contribution in [0.4, 0.5) is 0 Å². The van der Waals surface area contributed by atoms with Crippen molar-refractivity contribution < 1.29 is 47.9 Å². The average molecular weight is 644 g/mol. The Bertz CT molecular complexity index is 1330. The molecule has 6 N–H and O–H groups in total. The highest BCUT2D eigenvalue weighted by molar-refractivity contribution is 6.13. The van der Waals surface area contributed by atoms with Gasteiger partial charge in [0.05, 0.1) is 25.7 Å². The summed E-state index contributed by atoms with van der Waals surface area (Å²) in [4.78, 5) is 110. The molecule has 0 saturated carbocycles. The number of ether oxygens (including phenoxy) is 1. The zero-order chi connectivity index (χ0) is 34.1. The van der Waals surface area contributed by atoms with Gasteiger partial charge in [-0.15, -0.1) is 0 Å². The Morgan fingerprint density at radius 3 is 1.96 bits per heavy atom. The van der Waals surface area contributed by atoms with Gasteiger partial charge in [-0.05, 0) is 5.56 Å². The number of esters is 1. The second-order valence-electron chi connectivity index (χ2n) is 9.86. The Morgan fingerprint density at radius 1 is 0.739 bits per heavy atom. The predicted octanol–water partition coefficient (Wildman–Crippen LogP) is -3.09. The number of carbonyl (C=O) groups is 9. The van der Waals surface area contributed by atoms with Crippen LogP contribution in [0.15, 0.2) is 42.5 Å². The van der Waals surface area contributed by atoms with Gasteiger partial charge in [0.1, 0.15) is 6.04 Å². The molecule has 0 fully saturated rings. The van der Waals surface area contributed by atoms with Crippen molar-refractivity contribution in [2.45, 2.75) is 45.2 Å². The monoisotopic (exact) mass is 643 g/mol. The van der Waals surface area contributed by atoms with Crippen LogP contribution in [0.3, 0.4) is 0 Å². The summed E-state index contributed by atoms with van der Waals surface area (Å²) in [5, 5.41) is 14.3. The molecule has 46 heavy (non-hydrogen) atoms. The molecule has 0 spiro atoms. The second-order valence-corrected chi connectivity index (χ2v) is 9.86. The molecule has 0 aliphatic carbocycles. The molecule has 0 saturated heterocycles. The van der Waals surface area contributed by atoms with Crippen LogP contribution in [0.1, 0.15) is 32.3 Å². The number of hydrogen-bond donors (Lipinski definition) is 6. The van der Waals surface area contributed by atoms with E-state index >= 15 is 0 Å². The number of carbonyl (C=O) groups excluding carboxylic acids is 9. The highest BCUT2D eigenvalue weighted by atomic mass is 16.5. The third kappa shape index (κ3) is 13.4. The van der Waals surface area contributed by atoms with E-state index in [9.17, 15) is 43.2 Å². The molecule has 1 aliphatic rings. The first-order valence-corrected chi connectivity index (χ1v) is 14.3. The van der Waals surface area contributed by atoms with E-state index in [4.69, 9.17) is 0 Å². The zero-order valence-electron chi connectivity index (χ0n) is 25.4. The Balaban J connectivity index is 1.87. The van der Waals surface area contributed by atoms with E-state index in [2.05, 4.69) is 36.6 Å². The third-order valence-corrected chi connectivity index (χ3v) is 6.28. The summed E-state index contributed by atoms with van der Waals surface area (Å²) < 4.78 is 4.60. The molecular weight excluding hydrogens is 606 g/mol. The number of amides is 8. The number of nitrogens with zero attached hydrogens (tertiary/aromatic N) is 1. The first kappa shape index (κ1) is 36.6. The lowest BCUT2D eigenvalue weighted by atomic mass is 10.1. The van der Waals surface area contributed by atoms with Crippen molar-refractivity contribution in [3.8, 4) is 0 Å². The van der Waals surface area contributed by atoms with E-state index in [0.29, 0.717) is 5.56 Å². The first-order chi connectivity index (χ1) is 21.9. The van der Waals surface area contributed by atoms with Crippen LogP contribution in [0.5, 0.6) is 0 Å². The van der Waals surface area contributed by atoms with Gasteiger partial charge >= 0.3 is 5.97 Å². The van der Waals surface area contributed by atoms with E-state index in [1.165, 1.54) is 6.92 Å². The second kappa shape index (κ2) is 18.9. The number of imide groups is 1. The first-order valence-electron chi connectivity index (χ1n) is 14.3. The summed E-state index contributed by atoms with van der Waals surface area (Å²) in [5.74, 6) is -5.73. The highest BCUT2D eigenvalue weighted by Crippen LogP contribution is 2.12. The minimum Gasteiger partial charge on any atom is -0.445 e. The third-order valence-electron chi connectivity index (χ3n) is 6.28. The van der Waals surface area contributed by atoms with E-state index in [0.717, 1.165) is 17.1 Å². The van der Waals surface area contributed by atoms with Crippen LogP contribution in [0.2, 0.25) is 0 Å². The molecule has 2 rings (SSSR count). The molecule has 2 atom stereocenters. The Kier molecular flexibility index (Phi) is 15.0. The fourth-order valence-electron chi connectivity index (χ4n) is 3.97. The molecule has 0 aromatic heterocycles. The Hall–Kier alpha value is -5.61. The summed E-state index contributed by atoms with van der Waals surface area (Å²) in [6.07, 6.45) is 1.92. The average Bonchev–Trinajstić information content (AvgIpc) is 3.36. The van der Waals surface area contributed by atoms with Gasteiger partial charge in [-0.2, -0.15) is 0 Å². The zero-order valence-corrected chi connectivity index (χ0v) is 25.4. The van der Waals surface area contributed by atoms with Crippen LogP contribution in [0.25, 0.3) is 0 Å². The van der Waals surface area contributed by atoms with Gasteiger partial charge < -0.3 is 36.6 Å². The van der Waals surface area contributed by atoms with Crippen LogP contribution >= 0.6 is 0 Å². The number of rotatable bonds is 18. The van der Waals surface area contributed by atoms with Crippen LogP contribution < -0.4 is 31.9 Å². The van der Waals surface area contributed by atoms with E-state index in [1.54, 1.807) is 37.3 Å². The van der Waals surface area contributed by atoms with E-state index in [-0.39, 0.29) is 32.0 Å². The van der Waals surface area contributed by atoms with Crippen molar-refractivity contribution in [1.82, 2.24) is 36.8 Å². The molecule has 1 unspecified atom stereocenters. The standard InChI is InChI=1S/C29H37N7O10/c1-3-22(38)30-13-20(36-27(43)9-10-28(36)44)12-23(39)31-14-24(40)32-16-26(42)35-21(11-19-7-5-4-6-8-19)29(45)33-15-25(41)34-17-46-18(2)37/h4-10,20-21H,3,11-17H2,1-2H3,(H,30,38)(H,31,39)(H,32,40)(H,33,45)(H,34,41)(H,35,42)/t20?,21-/m0/s1. The molecule has 17 heteroatoms. The van der Waals surface area contributed by atoms with Crippen molar-refractivity contribution in [2.24, 2.45) is 0 Å². The lowest BCUT2D eigenvalue weighted by molar-refractivity contribution is -0.143. The SMILES string of the molecule is CCC(=O)NCC(CC(=O)NCC(=O)NCC(=O)N[C@@H](Cc1ccccc1)C(=O)NCC(=O)NCOC(C)=O)N1C(=O)C=CC1=O. The summed E-state index contributed by atoms with van der Waals surface area (Å²) in [5.41, 5.74) is 0.703. The van der Waals surface area contributed by atoms with Crippen molar-refractivity contribution in [3.05, 3.63) is 48.0 Å². The molecule has 1 aromatic carbocycles. The van der Waals surface area contributed by atoms with Gasteiger partial charge in [-0.25, -0.2) is 0 Å². The molecule has 1 aliphatic heterocycles. The Morgan fingerprint density at radius 2 is 1.33 bits per heavy atom. The number of hydrogen-bond acceptors (Lipinski definition) is 10. The smallest absolute Gasteiger partial charge is 0.304 e. The predicted molar refractivity (Wildman–Crippen MR) is 159 cm³/mol. The lowest BCUT2D eigenvalue weighted by Crippen LogP contribution is -2.52. The van der Waals surface area contributed by atoms with Gasteiger partial charge in [0.25, 0.3) is 11.8 Å². The number of nitrogens with one attached hydrogen (secondary N) is 6. The van der Waals surface area contributed by atoms with Crippen LogP contribution in [-0.4, -0.2) is 103 Å². The maximum atomic E-state index is 12.8. The minimum atomic E-state index is -1.12. The lowest BCUT2D eigenvalue weighted by Gasteiger charge is -2.26. The van der Waals surface area contributed by atoms with Crippen LogP contribution in [0, 0.1) is 0 Å². The fourth-order valence-corrected chi connectivity index (χ4v) is 3.97.